The van der Waals surface area contributed by atoms with Crippen molar-refractivity contribution in [2.75, 3.05) is 5.88 Å². The quantitative estimate of drug-likeness (QED) is 0.607. The number of aliphatic carboxylic acids is 1. The highest BCUT2D eigenvalue weighted by Crippen LogP contribution is 2.15. The first-order valence-corrected chi connectivity index (χ1v) is 7.42. The number of hydrogen-bond donors (Lipinski definition) is 2. The molecule has 2 N–H and O–H groups in total. The summed E-state index contributed by atoms with van der Waals surface area (Å²) in [5.41, 5.74) is 1.03. The van der Waals surface area contributed by atoms with Crippen LogP contribution in [0.15, 0.2) is 65.6 Å². The van der Waals surface area contributed by atoms with Crippen LogP contribution in [0.1, 0.15) is 5.56 Å². The molecule has 0 fully saturated rings. The normalized spacial score (nSPS) is 12.0. The Morgan fingerprint density at radius 2 is 1.65 bits per heavy atom. The summed E-state index contributed by atoms with van der Waals surface area (Å²) in [6.07, 6.45) is 0.492. The maximum absolute atomic E-state index is 11.3. The number of thioether (sulfide) groups is 1. The summed E-state index contributed by atoms with van der Waals surface area (Å²) in [4.78, 5) is 12.4. The number of carboxylic acid groups (broad SMARTS) is 1. The van der Waals surface area contributed by atoms with Crippen LogP contribution in [0.25, 0.3) is 0 Å². The zero-order valence-corrected chi connectivity index (χ0v) is 11.8. The van der Waals surface area contributed by atoms with Crippen LogP contribution in [0.3, 0.4) is 0 Å². The van der Waals surface area contributed by atoms with E-state index in [-0.39, 0.29) is 0 Å². The fraction of sp³-hybridized carbons (Fsp3) is 0.188. The Morgan fingerprint density at radius 3 is 2.25 bits per heavy atom. The van der Waals surface area contributed by atoms with E-state index in [0.717, 1.165) is 10.5 Å². The number of carboxylic acids is 1. The smallest absolute Gasteiger partial charge is 0.321 e. The van der Waals surface area contributed by atoms with Gasteiger partial charge in [-0.25, -0.2) is 0 Å². The first-order chi connectivity index (χ1) is 9.75. The van der Waals surface area contributed by atoms with Crippen LogP contribution in [0.5, 0.6) is 0 Å². The Labute approximate surface area is 123 Å². The molecular weight excluding hydrogens is 270 g/mol. The SMILES string of the molecule is O=C(O)[C@H](Cc1ccccc1)NCSc1ccccc1. The zero-order valence-electron chi connectivity index (χ0n) is 11.0. The molecule has 2 aromatic carbocycles. The van der Waals surface area contributed by atoms with Crippen molar-refractivity contribution in [3.63, 3.8) is 0 Å². The Kier molecular flexibility index (Phi) is 5.65. The summed E-state index contributed by atoms with van der Waals surface area (Å²) in [5.74, 6) is -0.240. The molecule has 0 aliphatic carbocycles. The van der Waals surface area contributed by atoms with E-state index in [0.29, 0.717) is 12.3 Å². The van der Waals surface area contributed by atoms with Crippen LogP contribution >= 0.6 is 11.8 Å². The van der Waals surface area contributed by atoms with Gasteiger partial charge in [-0.3, -0.25) is 10.1 Å². The van der Waals surface area contributed by atoms with Gasteiger partial charge in [-0.2, -0.15) is 0 Å². The Morgan fingerprint density at radius 1 is 1.05 bits per heavy atom. The third-order valence-corrected chi connectivity index (χ3v) is 3.81. The summed E-state index contributed by atoms with van der Waals surface area (Å²) in [6.45, 7) is 0. The topological polar surface area (TPSA) is 49.3 Å². The van der Waals surface area contributed by atoms with Gasteiger partial charge in [0.1, 0.15) is 6.04 Å². The molecule has 0 aliphatic heterocycles. The summed E-state index contributed by atoms with van der Waals surface area (Å²) < 4.78 is 0. The summed E-state index contributed by atoms with van der Waals surface area (Å²) in [7, 11) is 0. The van der Waals surface area contributed by atoms with Gasteiger partial charge >= 0.3 is 5.97 Å². The number of benzene rings is 2. The lowest BCUT2D eigenvalue weighted by atomic mass is 10.1. The third kappa shape index (κ3) is 4.72. The molecule has 0 radical (unpaired) electrons. The molecule has 0 aromatic heterocycles. The standard InChI is InChI=1S/C16H17NO2S/c18-16(19)15(11-13-7-3-1-4-8-13)17-12-20-14-9-5-2-6-10-14/h1-10,15,17H,11-12H2,(H,18,19)/t15-/m0/s1. The van der Waals surface area contributed by atoms with Gasteiger partial charge in [-0.05, 0) is 24.1 Å². The number of nitrogens with one attached hydrogen (secondary N) is 1. The monoisotopic (exact) mass is 287 g/mol. The van der Waals surface area contributed by atoms with Gasteiger partial charge < -0.3 is 5.11 Å². The molecule has 0 saturated carbocycles. The van der Waals surface area contributed by atoms with Crippen LogP contribution in [-0.4, -0.2) is 23.0 Å². The molecular formula is C16H17NO2S. The van der Waals surface area contributed by atoms with Crippen molar-refractivity contribution >= 4 is 17.7 Å². The predicted octanol–water partition coefficient (Wildman–Crippen LogP) is 3.02. The molecule has 2 aromatic rings. The van der Waals surface area contributed by atoms with Crippen molar-refractivity contribution in [3.05, 3.63) is 66.2 Å². The maximum atomic E-state index is 11.3. The first kappa shape index (κ1) is 14.6. The largest absolute Gasteiger partial charge is 0.480 e. The Bertz CT molecular complexity index is 531. The van der Waals surface area contributed by atoms with Crippen molar-refractivity contribution in [1.82, 2.24) is 5.32 Å². The third-order valence-electron chi connectivity index (χ3n) is 2.89. The number of carbonyl (C=O) groups is 1. The fourth-order valence-electron chi connectivity index (χ4n) is 1.84. The van der Waals surface area contributed by atoms with Gasteiger partial charge in [0.2, 0.25) is 0 Å². The van der Waals surface area contributed by atoms with Gasteiger partial charge in [0.05, 0.1) is 0 Å². The molecule has 0 heterocycles. The van der Waals surface area contributed by atoms with Crippen molar-refractivity contribution in [2.24, 2.45) is 0 Å². The molecule has 3 nitrogen and oxygen atoms in total. The first-order valence-electron chi connectivity index (χ1n) is 6.43. The van der Waals surface area contributed by atoms with Crippen molar-refractivity contribution in [2.45, 2.75) is 17.4 Å². The average Bonchev–Trinajstić information content (AvgIpc) is 2.48. The fourth-order valence-corrected chi connectivity index (χ4v) is 2.64. The molecule has 0 saturated heterocycles. The summed E-state index contributed by atoms with van der Waals surface area (Å²) in [6, 6.07) is 19.0. The van der Waals surface area contributed by atoms with Crippen molar-refractivity contribution < 1.29 is 9.90 Å². The van der Waals surface area contributed by atoms with E-state index in [4.69, 9.17) is 0 Å². The van der Waals surface area contributed by atoms with Gasteiger partial charge in [-0.15, -0.1) is 11.8 Å². The van der Waals surface area contributed by atoms with E-state index in [1.165, 1.54) is 0 Å². The number of hydrogen-bond acceptors (Lipinski definition) is 3. The molecule has 0 aliphatic rings. The predicted molar refractivity (Wildman–Crippen MR) is 81.9 cm³/mol. The Balaban J connectivity index is 1.85. The highest BCUT2D eigenvalue weighted by Gasteiger charge is 2.16. The van der Waals surface area contributed by atoms with Crippen molar-refractivity contribution in [1.29, 1.82) is 0 Å². The summed E-state index contributed by atoms with van der Waals surface area (Å²) in [5, 5.41) is 12.3. The van der Waals surface area contributed by atoms with Crippen molar-refractivity contribution in [3.8, 4) is 0 Å². The lowest BCUT2D eigenvalue weighted by molar-refractivity contribution is -0.139. The van der Waals surface area contributed by atoms with E-state index in [1.807, 2.05) is 60.7 Å². The second-order valence-corrected chi connectivity index (χ2v) is 5.44. The van der Waals surface area contributed by atoms with Crippen LogP contribution in [0.2, 0.25) is 0 Å². The van der Waals surface area contributed by atoms with Crippen LogP contribution in [0, 0.1) is 0 Å². The minimum Gasteiger partial charge on any atom is -0.480 e. The molecule has 0 amide bonds. The zero-order chi connectivity index (χ0) is 14.2. The van der Waals surface area contributed by atoms with E-state index < -0.39 is 12.0 Å². The average molecular weight is 287 g/mol. The maximum Gasteiger partial charge on any atom is 0.321 e. The molecule has 1 atom stereocenters. The minimum atomic E-state index is -0.817. The highest BCUT2D eigenvalue weighted by atomic mass is 32.2. The van der Waals surface area contributed by atoms with Crippen LogP contribution in [-0.2, 0) is 11.2 Å². The van der Waals surface area contributed by atoms with Gasteiger partial charge in [0.25, 0.3) is 0 Å². The molecule has 20 heavy (non-hydrogen) atoms. The minimum absolute atomic E-state index is 0.492. The lowest BCUT2D eigenvalue weighted by Crippen LogP contribution is -2.38. The van der Waals surface area contributed by atoms with Crippen LogP contribution < -0.4 is 5.32 Å². The Hall–Kier alpha value is -1.78. The molecule has 0 spiro atoms. The summed E-state index contributed by atoms with van der Waals surface area (Å²) >= 11 is 1.60. The van der Waals surface area contributed by atoms with Gasteiger partial charge in [0.15, 0.2) is 0 Å². The van der Waals surface area contributed by atoms with Crippen LogP contribution in [0.4, 0.5) is 0 Å². The molecule has 2 rings (SSSR count). The van der Waals surface area contributed by atoms with E-state index in [2.05, 4.69) is 5.32 Å². The van der Waals surface area contributed by atoms with E-state index in [9.17, 15) is 9.90 Å². The van der Waals surface area contributed by atoms with E-state index in [1.54, 1.807) is 11.8 Å². The molecule has 0 bridgehead atoms. The van der Waals surface area contributed by atoms with Gasteiger partial charge in [-0.1, -0.05) is 48.5 Å². The van der Waals surface area contributed by atoms with E-state index >= 15 is 0 Å². The lowest BCUT2D eigenvalue weighted by Gasteiger charge is -2.14. The second kappa shape index (κ2) is 7.72. The van der Waals surface area contributed by atoms with Gasteiger partial charge in [0, 0.05) is 10.8 Å². The second-order valence-electron chi connectivity index (χ2n) is 4.39. The highest BCUT2D eigenvalue weighted by molar-refractivity contribution is 7.99. The molecule has 104 valence electrons. The molecule has 4 heteroatoms. The molecule has 0 unspecified atom stereocenters. The number of rotatable bonds is 7.